The quantitative estimate of drug-likeness (QED) is 0.643. The van der Waals surface area contributed by atoms with Crippen LogP contribution in [0.15, 0.2) is 34.3 Å². The van der Waals surface area contributed by atoms with E-state index in [2.05, 4.69) is 9.98 Å². The number of aliphatic imine (C=N–C) groups is 2. The molecule has 2 N–H and O–H groups in total. The van der Waals surface area contributed by atoms with Gasteiger partial charge in [0.2, 0.25) is 0 Å². The molecule has 1 heterocycles. The molecule has 1 aromatic rings. The van der Waals surface area contributed by atoms with Gasteiger partial charge in [0, 0.05) is 17.0 Å². The molecule has 1 aromatic carbocycles. The fourth-order valence-electron chi connectivity index (χ4n) is 1.27. The van der Waals surface area contributed by atoms with Gasteiger partial charge in [-0.05, 0) is 19.1 Å². The van der Waals surface area contributed by atoms with Gasteiger partial charge in [-0.1, -0.05) is 12.1 Å². The van der Waals surface area contributed by atoms with Crippen LogP contribution in [0.3, 0.4) is 0 Å². The minimum Gasteiger partial charge on any atom is -0.399 e. The highest BCUT2D eigenvalue weighted by Gasteiger charge is 2.07. The minimum absolute atomic E-state index is 0.712. The maximum atomic E-state index is 5.66. The summed E-state index contributed by atoms with van der Waals surface area (Å²) in [5.41, 5.74) is 8.46. The third kappa shape index (κ3) is 1.59. The number of hydrogen-bond acceptors (Lipinski definition) is 3. The monoisotopic (exact) mass is 173 g/mol. The van der Waals surface area contributed by atoms with Crippen molar-refractivity contribution in [3.63, 3.8) is 0 Å². The zero-order valence-electron chi connectivity index (χ0n) is 7.49. The van der Waals surface area contributed by atoms with Crippen molar-refractivity contribution in [3.05, 3.63) is 29.8 Å². The first-order valence-electron chi connectivity index (χ1n) is 4.20. The number of nitrogens with two attached hydrogens (primary N) is 1. The summed E-state index contributed by atoms with van der Waals surface area (Å²) in [6, 6.07) is 7.63. The molecule has 0 amide bonds. The van der Waals surface area contributed by atoms with Crippen LogP contribution in [-0.4, -0.2) is 18.1 Å². The first kappa shape index (κ1) is 7.98. The molecular formula is C10H11N3. The summed E-state index contributed by atoms with van der Waals surface area (Å²) in [6.45, 7) is 2.69. The van der Waals surface area contributed by atoms with E-state index in [1.54, 1.807) is 0 Å². The van der Waals surface area contributed by atoms with Crippen molar-refractivity contribution in [2.45, 2.75) is 6.92 Å². The van der Waals surface area contributed by atoms with Gasteiger partial charge in [-0.2, -0.15) is 0 Å². The minimum atomic E-state index is 0.712. The Balaban J connectivity index is 2.37. The van der Waals surface area contributed by atoms with E-state index in [0.29, 0.717) is 6.54 Å². The fourth-order valence-corrected chi connectivity index (χ4v) is 1.27. The molecule has 13 heavy (non-hydrogen) atoms. The van der Waals surface area contributed by atoms with Crippen LogP contribution in [0.25, 0.3) is 0 Å². The van der Waals surface area contributed by atoms with Crippen molar-refractivity contribution in [3.8, 4) is 0 Å². The van der Waals surface area contributed by atoms with E-state index in [1.165, 1.54) is 0 Å². The van der Waals surface area contributed by atoms with Crippen molar-refractivity contribution in [1.29, 1.82) is 0 Å². The molecule has 0 saturated heterocycles. The first-order valence-corrected chi connectivity index (χ1v) is 4.20. The Labute approximate surface area is 77.0 Å². The standard InChI is InChI=1S/C10H11N3/c1-7-6-12-10(13-7)8-3-2-4-9(11)5-8/h2-5H,6,11H2,1H3. The molecule has 0 saturated carbocycles. The normalized spacial score (nSPS) is 15.5. The third-order valence-electron chi connectivity index (χ3n) is 1.90. The lowest BCUT2D eigenvalue weighted by Gasteiger charge is -1.98. The average molecular weight is 173 g/mol. The summed E-state index contributed by atoms with van der Waals surface area (Å²) < 4.78 is 0. The van der Waals surface area contributed by atoms with Crippen LogP contribution in [0.5, 0.6) is 0 Å². The molecule has 1 aliphatic rings. The topological polar surface area (TPSA) is 50.7 Å². The van der Waals surface area contributed by atoms with Gasteiger partial charge < -0.3 is 5.73 Å². The van der Waals surface area contributed by atoms with Crippen LogP contribution in [-0.2, 0) is 0 Å². The second-order valence-corrected chi connectivity index (χ2v) is 3.11. The molecule has 0 spiro atoms. The second-order valence-electron chi connectivity index (χ2n) is 3.11. The Hall–Kier alpha value is -1.64. The molecule has 0 radical (unpaired) electrons. The van der Waals surface area contributed by atoms with Crippen LogP contribution >= 0.6 is 0 Å². The molecule has 3 heteroatoms. The number of hydrogen-bond donors (Lipinski definition) is 1. The molecule has 0 bridgehead atoms. The fraction of sp³-hybridized carbons (Fsp3) is 0.200. The van der Waals surface area contributed by atoms with Gasteiger partial charge in [0.1, 0.15) is 0 Å². The molecule has 0 atom stereocenters. The first-order chi connectivity index (χ1) is 6.25. The third-order valence-corrected chi connectivity index (χ3v) is 1.90. The Morgan fingerprint density at radius 3 is 2.85 bits per heavy atom. The molecule has 0 fully saturated rings. The Morgan fingerprint density at radius 1 is 1.38 bits per heavy atom. The van der Waals surface area contributed by atoms with Crippen molar-refractivity contribution in [2.75, 3.05) is 12.3 Å². The van der Waals surface area contributed by atoms with Crippen LogP contribution in [0.2, 0.25) is 0 Å². The number of benzene rings is 1. The van der Waals surface area contributed by atoms with Crippen molar-refractivity contribution in [1.82, 2.24) is 0 Å². The Bertz CT molecular complexity index is 391. The number of nitrogen functional groups attached to an aromatic ring is 1. The molecule has 0 aliphatic carbocycles. The van der Waals surface area contributed by atoms with Crippen LogP contribution in [0.1, 0.15) is 12.5 Å². The summed E-state index contributed by atoms with van der Waals surface area (Å²) >= 11 is 0. The zero-order valence-corrected chi connectivity index (χ0v) is 7.49. The molecule has 0 unspecified atom stereocenters. The lowest BCUT2D eigenvalue weighted by Crippen LogP contribution is -1.95. The van der Waals surface area contributed by atoms with Gasteiger partial charge >= 0.3 is 0 Å². The van der Waals surface area contributed by atoms with Crippen LogP contribution < -0.4 is 5.73 Å². The van der Waals surface area contributed by atoms with Gasteiger partial charge in [0.25, 0.3) is 0 Å². The second kappa shape index (κ2) is 3.01. The highest BCUT2D eigenvalue weighted by molar-refractivity contribution is 6.11. The Morgan fingerprint density at radius 2 is 2.23 bits per heavy atom. The molecule has 0 aromatic heterocycles. The smallest absolute Gasteiger partial charge is 0.154 e. The highest BCUT2D eigenvalue weighted by atomic mass is 15.0. The molecule has 3 nitrogen and oxygen atoms in total. The number of anilines is 1. The number of nitrogens with zero attached hydrogens (tertiary/aromatic N) is 2. The molecule has 66 valence electrons. The van der Waals surface area contributed by atoms with E-state index >= 15 is 0 Å². The van der Waals surface area contributed by atoms with Gasteiger partial charge in [-0.15, -0.1) is 0 Å². The summed E-state index contributed by atoms with van der Waals surface area (Å²) in [6.07, 6.45) is 0. The molecule has 2 rings (SSSR count). The van der Waals surface area contributed by atoms with Crippen molar-refractivity contribution in [2.24, 2.45) is 9.98 Å². The lowest BCUT2D eigenvalue weighted by molar-refractivity contribution is 1.33. The SMILES string of the molecule is CC1=NC(c2cccc(N)c2)=NC1. The zero-order chi connectivity index (χ0) is 9.26. The molecule has 1 aliphatic heterocycles. The highest BCUT2D eigenvalue weighted by Crippen LogP contribution is 2.11. The summed E-state index contributed by atoms with van der Waals surface area (Å²) in [7, 11) is 0. The average Bonchev–Trinajstić information content (AvgIpc) is 2.52. The van der Waals surface area contributed by atoms with E-state index in [-0.39, 0.29) is 0 Å². The van der Waals surface area contributed by atoms with Crippen molar-refractivity contribution < 1.29 is 0 Å². The van der Waals surface area contributed by atoms with Gasteiger partial charge in [0.15, 0.2) is 5.84 Å². The lowest BCUT2D eigenvalue weighted by atomic mass is 10.2. The van der Waals surface area contributed by atoms with E-state index < -0.39 is 0 Å². The van der Waals surface area contributed by atoms with Crippen LogP contribution in [0.4, 0.5) is 5.69 Å². The van der Waals surface area contributed by atoms with E-state index in [1.807, 2.05) is 31.2 Å². The van der Waals surface area contributed by atoms with Gasteiger partial charge in [-0.25, -0.2) is 4.99 Å². The largest absolute Gasteiger partial charge is 0.399 e. The van der Waals surface area contributed by atoms with Crippen LogP contribution in [0, 0.1) is 0 Å². The molecular weight excluding hydrogens is 162 g/mol. The maximum Gasteiger partial charge on any atom is 0.154 e. The number of rotatable bonds is 1. The maximum absolute atomic E-state index is 5.66. The summed E-state index contributed by atoms with van der Waals surface area (Å²) in [5, 5.41) is 0. The van der Waals surface area contributed by atoms with Gasteiger partial charge in [0.05, 0.1) is 6.54 Å². The number of amidine groups is 1. The van der Waals surface area contributed by atoms with Gasteiger partial charge in [-0.3, -0.25) is 4.99 Å². The predicted molar refractivity (Wildman–Crippen MR) is 55.4 cm³/mol. The summed E-state index contributed by atoms with van der Waals surface area (Å²) in [5.74, 6) is 0.796. The van der Waals surface area contributed by atoms with E-state index in [4.69, 9.17) is 5.73 Å². The van der Waals surface area contributed by atoms with E-state index in [9.17, 15) is 0 Å². The Kier molecular flexibility index (Phi) is 1.85. The van der Waals surface area contributed by atoms with E-state index in [0.717, 1.165) is 22.8 Å². The predicted octanol–water partition coefficient (Wildman–Crippen LogP) is 1.49. The summed E-state index contributed by atoms with van der Waals surface area (Å²) in [4.78, 5) is 8.60. The van der Waals surface area contributed by atoms with Crippen molar-refractivity contribution >= 4 is 17.2 Å².